The van der Waals surface area contributed by atoms with Crippen LogP contribution in [-0.4, -0.2) is 5.11 Å². The number of phenols is 1. The number of hydrogen-bond acceptors (Lipinski definition) is 1. The van der Waals surface area contributed by atoms with Gasteiger partial charge >= 0.3 is 0 Å². The lowest BCUT2D eigenvalue weighted by Crippen LogP contribution is -1.91. The van der Waals surface area contributed by atoms with Gasteiger partial charge in [-0.1, -0.05) is 74.0 Å². The van der Waals surface area contributed by atoms with Crippen molar-refractivity contribution >= 4 is 0 Å². The van der Waals surface area contributed by atoms with Crippen molar-refractivity contribution in [2.24, 2.45) is 0 Å². The van der Waals surface area contributed by atoms with E-state index < -0.39 is 0 Å². The van der Waals surface area contributed by atoms with E-state index in [0.717, 1.165) is 35.1 Å². The number of aromatic hydroxyl groups is 1. The van der Waals surface area contributed by atoms with Crippen LogP contribution >= 0.6 is 0 Å². The average molecular weight is 302 g/mol. The molecule has 0 radical (unpaired) electrons. The van der Waals surface area contributed by atoms with Crippen molar-refractivity contribution in [2.75, 3.05) is 0 Å². The number of rotatable bonds is 5. The van der Waals surface area contributed by atoms with Crippen LogP contribution in [-0.2, 0) is 6.42 Å². The zero-order chi connectivity index (χ0) is 16.1. The molecule has 0 amide bonds. The first-order chi connectivity index (χ1) is 11.3. The Morgan fingerprint density at radius 1 is 0.739 bits per heavy atom. The molecule has 0 heterocycles. The quantitative estimate of drug-likeness (QED) is 0.606. The van der Waals surface area contributed by atoms with E-state index in [9.17, 15) is 5.11 Å². The van der Waals surface area contributed by atoms with Crippen LogP contribution in [0.4, 0.5) is 0 Å². The summed E-state index contributed by atoms with van der Waals surface area (Å²) in [4.78, 5) is 0. The van der Waals surface area contributed by atoms with Crippen molar-refractivity contribution in [3.05, 3.63) is 78.4 Å². The molecular formula is C22H22O. The summed E-state index contributed by atoms with van der Waals surface area (Å²) in [5.41, 5.74) is 5.22. The van der Waals surface area contributed by atoms with E-state index in [0.29, 0.717) is 5.75 Å². The Labute approximate surface area is 138 Å². The van der Waals surface area contributed by atoms with E-state index in [4.69, 9.17) is 0 Å². The molecule has 3 aromatic rings. The van der Waals surface area contributed by atoms with Crippen LogP contribution in [0.3, 0.4) is 0 Å². The molecule has 0 saturated carbocycles. The van der Waals surface area contributed by atoms with Gasteiger partial charge in [-0.15, -0.1) is 0 Å². The second kappa shape index (κ2) is 7.15. The van der Waals surface area contributed by atoms with Crippen molar-refractivity contribution < 1.29 is 5.11 Å². The molecule has 116 valence electrons. The summed E-state index contributed by atoms with van der Waals surface area (Å²) in [5.74, 6) is 0.364. The van der Waals surface area contributed by atoms with Crippen molar-refractivity contribution in [1.29, 1.82) is 0 Å². The lowest BCUT2D eigenvalue weighted by atomic mass is 9.93. The molecular weight excluding hydrogens is 280 g/mol. The highest BCUT2D eigenvalue weighted by atomic mass is 16.3. The standard InChI is InChI=1S/C22H22O/c1-2-3-10-17-15-20(18-11-6-4-7-12-18)22(23)21(16-17)19-13-8-5-9-14-19/h4-9,11-16,23H,2-3,10H2,1H3. The van der Waals surface area contributed by atoms with Gasteiger partial charge in [0.05, 0.1) is 0 Å². The summed E-state index contributed by atoms with van der Waals surface area (Å²) < 4.78 is 0. The molecule has 0 aromatic heterocycles. The third kappa shape index (κ3) is 3.45. The average Bonchev–Trinajstić information content (AvgIpc) is 2.62. The highest BCUT2D eigenvalue weighted by molar-refractivity contribution is 5.82. The molecule has 0 bridgehead atoms. The Morgan fingerprint density at radius 3 is 1.65 bits per heavy atom. The van der Waals surface area contributed by atoms with Crippen molar-refractivity contribution in [2.45, 2.75) is 26.2 Å². The van der Waals surface area contributed by atoms with E-state index in [1.807, 2.05) is 60.7 Å². The smallest absolute Gasteiger partial charge is 0.131 e. The molecule has 3 rings (SSSR count). The zero-order valence-electron chi connectivity index (χ0n) is 13.5. The topological polar surface area (TPSA) is 20.2 Å². The van der Waals surface area contributed by atoms with E-state index in [1.54, 1.807) is 0 Å². The highest BCUT2D eigenvalue weighted by Crippen LogP contribution is 2.39. The van der Waals surface area contributed by atoms with Gasteiger partial charge in [0.25, 0.3) is 0 Å². The fourth-order valence-electron chi connectivity index (χ4n) is 2.90. The summed E-state index contributed by atoms with van der Waals surface area (Å²) in [6.45, 7) is 2.20. The van der Waals surface area contributed by atoms with Crippen LogP contribution in [0, 0.1) is 0 Å². The van der Waals surface area contributed by atoms with Gasteiger partial charge in [-0.05, 0) is 41.7 Å². The number of unbranched alkanes of at least 4 members (excludes halogenated alkanes) is 1. The van der Waals surface area contributed by atoms with Crippen LogP contribution in [0.5, 0.6) is 5.75 Å². The Hall–Kier alpha value is -2.54. The largest absolute Gasteiger partial charge is 0.507 e. The molecule has 0 unspecified atom stereocenters. The van der Waals surface area contributed by atoms with Gasteiger partial charge in [0.1, 0.15) is 5.75 Å². The van der Waals surface area contributed by atoms with E-state index in [-0.39, 0.29) is 0 Å². The summed E-state index contributed by atoms with van der Waals surface area (Å²) in [6, 6.07) is 24.5. The monoisotopic (exact) mass is 302 g/mol. The molecule has 23 heavy (non-hydrogen) atoms. The first-order valence-corrected chi connectivity index (χ1v) is 8.26. The van der Waals surface area contributed by atoms with E-state index in [2.05, 4.69) is 19.1 Å². The van der Waals surface area contributed by atoms with Gasteiger partial charge in [-0.25, -0.2) is 0 Å². The summed E-state index contributed by atoms with van der Waals surface area (Å²) in [5, 5.41) is 10.8. The van der Waals surface area contributed by atoms with Crippen LogP contribution in [0.1, 0.15) is 25.3 Å². The molecule has 0 spiro atoms. The molecule has 1 heteroatoms. The van der Waals surface area contributed by atoms with Gasteiger partial charge < -0.3 is 5.11 Å². The molecule has 1 N–H and O–H groups in total. The molecule has 1 nitrogen and oxygen atoms in total. The second-order valence-electron chi connectivity index (χ2n) is 5.88. The first kappa shape index (κ1) is 15.4. The second-order valence-corrected chi connectivity index (χ2v) is 5.88. The minimum absolute atomic E-state index is 0.364. The predicted octanol–water partition coefficient (Wildman–Crippen LogP) is 6.07. The third-order valence-electron chi connectivity index (χ3n) is 4.16. The third-order valence-corrected chi connectivity index (χ3v) is 4.16. The molecule has 0 aliphatic heterocycles. The number of hydrogen-bond donors (Lipinski definition) is 1. The molecule has 0 saturated heterocycles. The van der Waals surface area contributed by atoms with Crippen molar-refractivity contribution in [3.8, 4) is 28.0 Å². The van der Waals surface area contributed by atoms with Crippen LogP contribution < -0.4 is 0 Å². The van der Waals surface area contributed by atoms with E-state index >= 15 is 0 Å². The molecule has 3 aromatic carbocycles. The van der Waals surface area contributed by atoms with Crippen LogP contribution in [0.25, 0.3) is 22.3 Å². The number of aryl methyl sites for hydroxylation is 1. The van der Waals surface area contributed by atoms with Gasteiger partial charge in [-0.2, -0.15) is 0 Å². The van der Waals surface area contributed by atoms with Gasteiger partial charge in [0.2, 0.25) is 0 Å². The normalized spacial score (nSPS) is 10.7. The van der Waals surface area contributed by atoms with Crippen molar-refractivity contribution in [3.63, 3.8) is 0 Å². The molecule has 0 atom stereocenters. The zero-order valence-corrected chi connectivity index (χ0v) is 13.5. The minimum atomic E-state index is 0.364. The predicted molar refractivity (Wildman–Crippen MR) is 97.6 cm³/mol. The maximum Gasteiger partial charge on any atom is 0.131 e. The van der Waals surface area contributed by atoms with Gasteiger partial charge in [0, 0.05) is 11.1 Å². The Bertz CT molecular complexity index is 700. The Balaban J connectivity index is 2.15. The molecule has 0 aliphatic carbocycles. The summed E-state index contributed by atoms with van der Waals surface area (Å²) in [6.07, 6.45) is 3.37. The summed E-state index contributed by atoms with van der Waals surface area (Å²) in [7, 11) is 0. The lowest BCUT2D eigenvalue weighted by molar-refractivity contribution is 0.479. The maximum absolute atomic E-state index is 10.8. The SMILES string of the molecule is CCCCc1cc(-c2ccccc2)c(O)c(-c2ccccc2)c1. The van der Waals surface area contributed by atoms with Gasteiger partial charge in [0.15, 0.2) is 0 Å². The van der Waals surface area contributed by atoms with Crippen LogP contribution in [0.15, 0.2) is 72.8 Å². The van der Waals surface area contributed by atoms with Crippen LogP contribution in [0.2, 0.25) is 0 Å². The summed E-state index contributed by atoms with van der Waals surface area (Å²) >= 11 is 0. The Kier molecular flexibility index (Phi) is 4.77. The lowest BCUT2D eigenvalue weighted by Gasteiger charge is -2.14. The first-order valence-electron chi connectivity index (χ1n) is 8.26. The fraction of sp³-hybridized carbons (Fsp3) is 0.182. The minimum Gasteiger partial charge on any atom is -0.507 e. The molecule has 0 fully saturated rings. The Morgan fingerprint density at radius 2 is 1.22 bits per heavy atom. The highest BCUT2D eigenvalue weighted by Gasteiger charge is 2.13. The molecule has 0 aliphatic rings. The number of phenolic OH excluding ortho intramolecular Hbond substituents is 1. The van der Waals surface area contributed by atoms with Gasteiger partial charge in [-0.3, -0.25) is 0 Å². The number of benzene rings is 3. The van der Waals surface area contributed by atoms with Crippen molar-refractivity contribution in [1.82, 2.24) is 0 Å². The van der Waals surface area contributed by atoms with E-state index in [1.165, 1.54) is 12.0 Å². The fourth-order valence-corrected chi connectivity index (χ4v) is 2.90. The maximum atomic E-state index is 10.8.